The molecule has 0 unspecified atom stereocenters. The second-order valence-corrected chi connectivity index (χ2v) is 13.2. The highest BCUT2D eigenvalue weighted by molar-refractivity contribution is 6.60. The molecule has 4 nitrogen and oxygen atoms in total. The first-order chi connectivity index (χ1) is 14.9. The van der Waals surface area contributed by atoms with Gasteiger partial charge in [0.1, 0.15) is 0 Å². The van der Waals surface area contributed by atoms with Gasteiger partial charge in [0, 0.05) is 27.4 Å². The lowest BCUT2D eigenvalue weighted by Crippen LogP contribution is -2.42. The summed E-state index contributed by atoms with van der Waals surface area (Å²) in [5.74, 6) is 0. The molecule has 0 amide bonds. The SMILES string of the molecule is CCC[N+](C)(C)CCCCCCCCCCCCCCCCCC[Si](OC)(OC)OC. The molecule has 31 heavy (non-hydrogen) atoms. The summed E-state index contributed by atoms with van der Waals surface area (Å²) in [6.07, 6.45) is 23.6. The second-order valence-electron chi connectivity index (χ2n) is 10.1. The number of hydrogen-bond donors (Lipinski definition) is 0. The van der Waals surface area contributed by atoms with E-state index in [9.17, 15) is 0 Å². The molecule has 0 N–H and O–H groups in total. The third kappa shape index (κ3) is 18.2. The molecule has 5 heteroatoms. The van der Waals surface area contributed by atoms with Crippen molar-refractivity contribution in [1.82, 2.24) is 0 Å². The number of unbranched alkanes of at least 4 members (excludes halogenated alkanes) is 15. The number of hydrogen-bond acceptors (Lipinski definition) is 3. The third-order valence-corrected chi connectivity index (χ3v) is 9.59. The Balaban J connectivity index is 3.27. The first-order valence-electron chi connectivity index (χ1n) is 13.4. The average molecular weight is 461 g/mol. The van der Waals surface area contributed by atoms with Gasteiger partial charge in [0.15, 0.2) is 0 Å². The number of quaternary nitrogens is 1. The molecular formula is C26H58NO3Si+. The lowest BCUT2D eigenvalue weighted by atomic mass is 10.0. The molecule has 0 saturated carbocycles. The Morgan fingerprint density at radius 2 is 0.806 bits per heavy atom. The van der Waals surface area contributed by atoms with Crippen molar-refractivity contribution in [3.05, 3.63) is 0 Å². The lowest BCUT2D eigenvalue weighted by Gasteiger charge is -2.29. The summed E-state index contributed by atoms with van der Waals surface area (Å²) in [4.78, 5) is 0. The Morgan fingerprint density at radius 1 is 0.484 bits per heavy atom. The van der Waals surface area contributed by atoms with Crippen LogP contribution in [-0.4, -0.2) is 61.8 Å². The smallest absolute Gasteiger partial charge is 0.377 e. The van der Waals surface area contributed by atoms with Crippen LogP contribution in [0.2, 0.25) is 6.04 Å². The molecule has 0 heterocycles. The summed E-state index contributed by atoms with van der Waals surface area (Å²) in [5, 5.41) is 0. The molecule has 0 aromatic rings. The quantitative estimate of drug-likeness (QED) is 0.0843. The number of nitrogens with zero attached hydrogens (tertiary/aromatic N) is 1. The Morgan fingerprint density at radius 3 is 1.13 bits per heavy atom. The lowest BCUT2D eigenvalue weighted by molar-refractivity contribution is -0.890. The van der Waals surface area contributed by atoms with Crippen molar-refractivity contribution in [3.63, 3.8) is 0 Å². The summed E-state index contributed by atoms with van der Waals surface area (Å²) in [6.45, 7) is 4.97. The van der Waals surface area contributed by atoms with Crippen LogP contribution < -0.4 is 0 Å². The van der Waals surface area contributed by atoms with E-state index in [0.29, 0.717) is 0 Å². The summed E-state index contributed by atoms with van der Waals surface area (Å²) >= 11 is 0. The molecule has 0 spiro atoms. The van der Waals surface area contributed by atoms with Crippen LogP contribution >= 0.6 is 0 Å². The van der Waals surface area contributed by atoms with Gasteiger partial charge in [-0.25, -0.2) is 0 Å². The van der Waals surface area contributed by atoms with Crippen LogP contribution in [0, 0.1) is 0 Å². The Labute approximate surface area is 197 Å². The van der Waals surface area contributed by atoms with Crippen LogP contribution in [0.25, 0.3) is 0 Å². The first kappa shape index (κ1) is 31.1. The van der Waals surface area contributed by atoms with E-state index in [4.69, 9.17) is 13.3 Å². The van der Waals surface area contributed by atoms with Crippen molar-refractivity contribution in [1.29, 1.82) is 0 Å². The molecule has 188 valence electrons. The molecule has 0 aliphatic heterocycles. The molecule has 0 radical (unpaired) electrons. The van der Waals surface area contributed by atoms with E-state index in [1.54, 1.807) is 21.3 Å². The van der Waals surface area contributed by atoms with Crippen LogP contribution in [0.4, 0.5) is 0 Å². The van der Waals surface area contributed by atoms with E-state index in [-0.39, 0.29) is 0 Å². The van der Waals surface area contributed by atoms with Crippen molar-refractivity contribution < 1.29 is 17.8 Å². The van der Waals surface area contributed by atoms with E-state index < -0.39 is 8.80 Å². The summed E-state index contributed by atoms with van der Waals surface area (Å²) in [6, 6.07) is 0.937. The topological polar surface area (TPSA) is 27.7 Å². The predicted octanol–water partition coefficient (Wildman–Crippen LogP) is 7.59. The summed E-state index contributed by atoms with van der Waals surface area (Å²) in [7, 11) is 7.53. The molecule has 0 fully saturated rings. The van der Waals surface area contributed by atoms with Crippen molar-refractivity contribution in [3.8, 4) is 0 Å². The molecule has 0 saturated heterocycles. The van der Waals surface area contributed by atoms with Crippen LogP contribution in [0.5, 0.6) is 0 Å². The monoisotopic (exact) mass is 460 g/mol. The van der Waals surface area contributed by atoms with Crippen molar-refractivity contribution in [2.45, 2.75) is 122 Å². The van der Waals surface area contributed by atoms with Gasteiger partial charge >= 0.3 is 8.80 Å². The normalized spacial score (nSPS) is 12.6. The van der Waals surface area contributed by atoms with Gasteiger partial charge in [-0.2, -0.15) is 0 Å². The fourth-order valence-corrected chi connectivity index (χ4v) is 6.42. The number of rotatable bonds is 24. The van der Waals surface area contributed by atoms with Gasteiger partial charge in [0.2, 0.25) is 0 Å². The van der Waals surface area contributed by atoms with Gasteiger partial charge in [-0.1, -0.05) is 90.4 Å². The minimum absolute atomic E-state index is 0.937. The molecule has 0 aromatic heterocycles. The van der Waals surface area contributed by atoms with Gasteiger partial charge in [-0.15, -0.1) is 0 Å². The van der Waals surface area contributed by atoms with E-state index in [0.717, 1.165) is 12.5 Å². The Kier molecular flexibility index (Phi) is 20.7. The van der Waals surface area contributed by atoms with Gasteiger partial charge in [0.05, 0.1) is 27.2 Å². The Hall–Kier alpha value is 0.0569. The van der Waals surface area contributed by atoms with E-state index in [1.807, 2.05) is 0 Å². The minimum atomic E-state index is -2.34. The minimum Gasteiger partial charge on any atom is -0.377 e. The van der Waals surface area contributed by atoms with Gasteiger partial charge in [0.25, 0.3) is 0 Å². The molecule has 0 aromatic carbocycles. The van der Waals surface area contributed by atoms with Gasteiger partial charge in [-0.3, -0.25) is 0 Å². The highest BCUT2D eigenvalue weighted by atomic mass is 28.4. The maximum Gasteiger partial charge on any atom is 0.500 e. The predicted molar refractivity (Wildman–Crippen MR) is 138 cm³/mol. The maximum atomic E-state index is 5.48. The van der Waals surface area contributed by atoms with Gasteiger partial charge in [-0.05, 0) is 25.7 Å². The Bertz CT molecular complexity index is 367. The molecule has 0 aliphatic carbocycles. The van der Waals surface area contributed by atoms with Crippen LogP contribution in [0.1, 0.15) is 116 Å². The highest BCUT2D eigenvalue weighted by Crippen LogP contribution is 2.19. The first-order valence-corrected chi connectivity index (χ1v) is 15.4. The van der Waals surface area contributed by atoms with Crippen LogP contribution in [-0.2, 0) is 13.3 Å². The van der Waals surface area contributed by atoms with Crippen molar-refractivity contribution in [2.24, 2.45) is 0 Å². The third-order valence-electron chi connectivity index (χ3n) is 6.76. The molecule has 0 aliphatic rings. The average Bonchev–Trinajstić information content (AvgIpc) is 2.76. The zero-order valence-electron chi connectivity index (χ0n) is 22.3. The second kappa shape index (κ2) is 20.6. The summed E-state index contributed by atoms with van der Waals surface area (Å²) in [5.41, 5.74) is 0. The van der Waals surface area contributed by atoms with Crippen LogP contribution in [0.15, 0.2) is 0 Å². The highest BCUT2D eigenvalue weighted by Gasteiger charge is 2.36. The van der Waals surface area contributed by atoms with E-state index in [2.05, 4.69) is 21.0 Å². The largest absolute Gasteiger partial charge is 0.500 e. The summed E-state index contributed by atoms with van der Waals surface area (Å²) < 4.78 is 17.6. The van der Waals surface area contributed by atoms with E-state index in [1.165, 1.54) is 120 Å². The molecular weight excluding hydrogens is 402 g/mol. The van der Waals surface area contributed by atoms with E-state index >= 15 is 0 Å². The standard InChI is InChI=1S/C26H58NO3Si/c1-7-24-27(2,3)25-22-20-18-16-14-12-10-8-9-11-13-15-17-19-21-23-26-31(28-4,29-5)30-6/h7-26H2,1-6H3/q+1. The fourth-order valence-electron chi connectivity index (χ4n) is 4.63. The van der Waals surface area contributed by atoms with Crippen molar-refractivity contribution in [2.75, 3.05) is 48.5 Å². The molecule has 0 atom stereocenters. The fraction of sp³-hybridized carbons (Fsp3) is 1.00. The van der Waals surface area contributed by atoms with Gasteiger partial charge < -0.3 is 17.8 Å². The van der Waals surface area contributed by atoms with Crippen molar-refractivity contribution >= 4 is 8.80 Å². The maximum absolute atomic E-state index is 5.48. The molecule has 0 rings (SSSR count). The van der Waals surface area contributed by atoms with Crippen LogP contribution in [0.3, 0.4) is 0 Å². The zero-order valence-corrected chi connectivity index (χ0v) is 23.3. The zero-order chi connectivity index (χ0) is 23.3. The molecule has 0 bridgehead atoms.